The Kier molecular flexibility index (Phi) is 5.86. The molecule has 0 aliphatic rings. The van der Waals surface area contributed by atoms with Crippen molar-refractivity contribution in [2.24, 2.45) is 5.16 Å². The molecule has 1 amide bonds. The van der Waals surface area contributed by atoms with Crippen molar-refractivity contribution in [1.29, 1.82) is 0 Å². The molecule has 0 saturated carbocycles. The van der Waals surface area contributed by atoms with Crippen molar-refractivity contribution < 1.29 is 14.0 Å². The van der Waals surface area contributed by atoms with E-state index in [9.17, 15) is 9.18 Å². The minimum absolute atomic E-state index is 0.120. The monoisotopic (exact) mass is 314 g/mol. The minimum Gasteiger partial charge on any atom is -0.386 e. The highest BCUT2D eigenvalue weighted by atomic mass is 19.1. The Labute approximate surface area is 135 Å². The number of benzene rings is 2. The van der Waals surface area contributed by atoms with Gasteiger partial charge in [0, 0.05) is 0 Å². The topological polar surface area (TPSA) is 50.7 Å². The first-order chi connectivity index (χ1) is 11.1. The molecule has 0 aromatic heterocycles. The van der Waals surface area contributed by atoms with Crippen LogP contribution in [0.2, 0.25) is 0 Å². The van der Waals surface area contributed by atoms with E-state index < -0.39 is 11.7 Å². The Morgan fingerprint density at radius 1 is 1.22 bits per heavy atom. The van der Waals surface area contributed by atoms with Crippen LogP contribution in [0.25, 0.3) is 0 Å². The van der Waals surface area contributed by atoms with E-state index in [1.807, 2.05) is 24.3 Å². The molecule has 4 nitrogen and oxygen atoms in total. The average molecular weight is 314 g/mol. The average Bonchev–Trinajstić information content (AvgIpc) is 2.54. The summed E-state index contributed by atoms with van der Waals surface area (Å²) in [5.74, 6) is -0.490. The van der Waals surface area contributed by atoms with Crippen molar-refractivity contribution in [3.63, 3.8) is 0 Å². The molecule has 0 aliphatic carbocycles. The van der Waals surface area contributed by atoms with Crippen molar-refractivity contribution in [2.75, 3.05) is 11.9 Å². The van der Waals surface area contributed by atoms with Gasteiger partial charge in [-0.2, -0.15) is 0 Å². The fraction of sp³-hybridized carbons (Fsp3) is 0.222. The van der Waals surface area contributed by atoms with E-state index >= 15 is 0 Å². The second-order valence-electron chi connectivity index (χ2n) is 5.36. The van der Waals surface area contributed by atoms with Crippen LogP contribution in [0, 0.1) is 5.82 Å². The number of halogens is 1. The molecule has 2 rings (SSSR count). The van der Waals surface area contributed by atoms with Gasteiger partial charge in [-0.15, -0.1) is 0 Å². The summed E-state index contributed by atoms with van der Waals surface area (Å²) in [6.07, 6.45) is 1.53. The summed E-state index contributed by atoms with van der Waals surface area (Å²) >= 11 is 0. The summed E-state index contributed by atoms with van der Waals surface area (Å²) in [4.78, 5) is 16.5. The van der Waals surface area contributed by atoms with Gasteiger partial charge in [-0.1, -0.05) is 55.4 Å². The molecule has 1 N–H and O–H groups in total. The summed E-state index contributed by atoms with van der Waals surface area (Å²) in [6.45, 7) is 3.97. The Morgan fingerprint density at radius 2 is 1.91 bits per heavy atom. The van der Waals surface area contributed by atoms with Crippen molar-refractivity contribution in [1.82, 2.24) is 0 Å². The number of oxime groups is 1. The minimum atomic E-state index is -0.491. The van der Waals surface area contributed by atoms with Crippen molar-refractivity contribution >= 4 is 17.8 Å². The molecule has 0 saturated heterocycles. The summed E-state index contributed by atoms with van der Waals surface area (Å²) in [7, 11) is 0. The molecule has 0 unspecified atom stereocenters. The molecule has 5 heteroatoms. The molecule has 0 radical (unpaired) electrons. The Bertz CT molecular complexity index is 682. The molecule has 2 aromatic carbocycles. The van der Waals surface area contributed by atoms with Gasteiger partial charge in [0.25, 0.3) is 5.91 Å². The first kappa shape index (κ1) is 16.7. The Morgan fingerprint density at radius 3 is 2.57 bits per heavy atom. The maximum absolute atomic E-state index is 13.4. The molecule has 0 atom stereocenters. The number of carbonyl (C=O) groups is 1. The van der Waals surface area contributed by atoms with Crippen LogP contribution in [0.5, 0.6) is 0 Å². The van der Waals surface area contributed by atoms with Gasteiger partial charge in [0.05, 0.1) is 11.9 Å². The lowest BCUT2D eigenvalue weighted by Gasteiger charge is -2.05. The van der Waals surface area contributed by atoms with E-state index in [1.54, 1.807) is 12.1 Å². The third kappa shape index (κ3) is 5.21. The number of para-hydroxylation sites is 1. The zero-order valence-corrected chi connectivity index (χ0v) is 13.1. The van der Waals surface area contributed by atoms with Crippen LogP contribution < -0.4 is 5.32 Å². The lowest BCUT2D eigenvalue weighted by atomic mass is 10.0. The summed E-state index contributed by atoms with van der Waals surface area (Å²) in [5, 5.41) is 6.16. The third-order valence-corrected chi connectivity index (χ3v) is 3.22. The van der Waals surface area contributed by atoms with E-state index in [1.165, 1.54) is 23.9 Å². The highest BCUT2D eigenvalue weighted by Gasteiger charge is 2.06. The van der Waals surface area contributed by atoms with Gasteiger partial charge in [-0.25, -0.2) is 4.39 Å². The van der Waals surface area contributed by atoms with Crippen molar-refractivity contribution in [3.8, 4) is 0 Å². The molecule has 2 aromatic rings. The van der Waals surface area contributed by atoms with Crippen LogP contribution >= 0.6 is 0 Å². The van der Waals surface area contributed by atoms with Gasteiger partial charge in [0.1, 0.15) is 5.82 Å². The third-order valence-electron chi connectivity index (χ3n) is 3.22. The number of anilines is 1. The zero-order chi connectivity index (χ0) is 16.7. The molecular weight excluding hydrogens is 295 g/mol. The largest absolute Gasteiger partial charge is 0.386 e. The predicted octanol–water partition coefficient (Wildman–Crippen LogP) is 3.94. The first-order valence-electron chi connectivity index (χ1n) is 7.36. The van der Waals surface area contributed by atoms with E-state index in [-0.39, 0.29) is 12.3 Å². The summed E-state index contributed by atoms with van der Waals surface area (Å²) in [5.41, 5.74) is 2.24. The quantitative estimate of drug-likeness (QED) is 0.648. The molecule has 0 aliphatic heterocycles. The lowest BCUT2D eigenvalue weighted by molar-refractivity contribution is -0.120. The SMILES string of the molecule is CC(C)c1ccc(/C=N\OCC(=O)Nc2ccccc2F)cc1. The number of hydrogen-bond acceptors (Lipinski definition) is 3. The zero-order valence-electron chi connectivity index (χ0n) is 13.1. The molecule has 0 fully saturated rings. The van der Waals surface area contributed by atoms with Crippen LogP contribution in [-0.2, 0) is 9.63 Å². The highest BCUT2D eigenvalue weighted by molar-refractivity contribution is 5.91. The van der Waals surface area contributed by atoms with E-state index in [4.69, 9.17) is 4.84 Å². The van der Waals surface area contributed by atoms with Crippen LogP contribution in [0.4, 0.5) is 10.1 Å². The summed E-state index contributed by atoms with van der Waals surface area (Å²) in [6, 6.07) is 13.9. The molecule has 23 heavy (non-hydrogen) atoms. The number of hydrogen-bond donors (Lipinski definition) is 1. The maximum atomic E-state index is 13.4. The van der Waals surface area contributed by atoms with Crippen LogP contribution in [0.3, 0.4) is 0 Å². The van der Waals surface area contributed by atoms with Gasteiger partial charge < -0.3 is 10.2 Å². The number of rotatable bonds is 6. The maximum Gasteiger partial charge on any atom is 0.265 e. The smallest absolute Gasteiger partial charge is 0.265 e. The highest BCUT2D eigenvalue weighted by Crippen LogP contribution is 2.14. The first-order valence-corrected chi connectivity index (χ1v) is 7.36. The number of carbonyl (C=O) groups excluding carboxylic acids is 1. The van der Waals surface area contributed by atoms with Crippen molar-refractivity contribution in [3.05, 3.63) is 65.5 Å². The molecule has 120 valence electrons. The molecule has 0 bridgehead atoms. The Balaban J connectivity index is 1.80. The van der Waals surface area contributed by atoms with E-state index in [2.05, 4.69) is 24.3 Å². The number of amides is 1. The van der Waals surface area contributed by atoms with Crippen LogP contribution in [0.15, 0.2) is 53.7 Å². The van der Waals surface area contributed by atoms with Crippen molar-refractivity contribution in [2.45, 2.75) is 19.8 Å². The molecular formula is C18H19FN2O2. The lowest BCUT2D eigenvalue weighted by Crippen LogP contribution is -2.17. The van der Waals surface area contributed by atoms with Gasteiger partial charge in [-0.05, 0) is 29.2 Å². The van der Waals surface area contributed by atoms with E-state index in [0.29, 0.717) is 5.92 Å². The standard InChI is InChI=1S/C18H19FN2O2/c1-13(2)15-9-7-14(8-10-15)11-20-23-12-18(22)21-17-6-4-3-5-16(17)19/h3-11,13H,12H2,1-2H3,(H,21,22)/b20-11-. The number of nitrogens with zero attached hydrogens (tertiary/aromatic N) is 1. The van der Waals surface area contributed by atoms with Gasteiger partial charge in [-0.3, -0.25) is 4.79 Å². The predicted molar refractivity (Wildman–Crippen MR) is 89.1 cm³/mol. The van der Waals surface area contributed by atoms with Gasteiger partial charge >= 0.3 is 0 Å². The van der Waals surface area contributed by atoms with Gasteiger partial charge in [0.15, 0.2) is 6.61 Å². The Hall–Kier alpha value is -2.69. The molecule has 0 heterocycles. The molecule has 0 spiro atoms. The number of nitrogens with one attached hydrogen (secondary N) is 1. The normalized spacial score (nSPS) is 11.0. The van der Waals surface area contributed by atoms with Crippen LogP contribution in [0.1, 0.15) is 30.9 Å². The fourth-order valence-corrected chi connectivity index (χ4v) is 1.91. The van der Waals surface area contributed by atoms with E-state index in [0.717, 1.165) is 5.56 Å². The summed E-state index contributed by atoms with van der Waals surface area (Å²) < 4.78 is 13.4. The second-order valence-corrected chi connectivity index (χ2v) is 5.36. The second kappa shape index (κ2) is 8.08. The van der Waals surface area contributed by atoms with Crippen LogP contribution in [-0.4, -0.2) is 18.7 Å². The van der Waals surface area contributed by atoms with Gasteiger partial charge in [0.2, 0.25) is 0 Å². The fourth-order valence-electron chi connectivity index (χ4n) is 1.91.